The van der Waals surface area contributed by atoms with Gasteiger partial charge in [0.25, 0.3) is 0 Å². The first-order valence-corrected chi connectivity index (χ1v) is 7.58. The van der Waals surface area contributed by atoms with Crippen molar-refractivity contribution >= 4 is 0 Å². The third kappa shape index (κ3) is 1.58. The van der Waals surface area contributed by atoms with E-state index in [0.29, 0.717) is 18.8 Å². The van der Waals surface area contributed by atoms with Crippen LogP contribution in [0.2, 0.25) is 0 Å². The largest absolute Gasteiger partial charge is 0.390 e. The third-order valence-electron chi connectivity index (χ3n) is 5.54. The highest BCUT2D eigenvalue weighted by molar-refractivity contribution is 5.53. The molecule has 3 fully saturated rings. The summed E-state index contributed by atoms with van der Waals surface area (Å²) in [5.41, 5.74) is 4.08. The summed E-state index contributed by atoms with van der Waals surface area (Å²) in [4.78, 5) is 2.46. The lowest BCUT2D eigenvalue weighted by Crippen LogP contribution is -2.43. The summed E-state index contributed by atoms with van der Waals surface area (Å²) in [5.74, 6) is -0.187. The zero-order valence-electron chi connectivity index (χ0n) is 12.0. The minimum absolute atomic E-state index is 0.184. The number of piperidine rings is 1. The summed E-state index contributed by atoms with van der Waals surface area (Å²) in [6.07, 6.45) is 6.57. The molecule has 5 heteroatoms. The Morgan fingerprint density at radius 1 is 1.38 bits per heavy atom. The van der Waals surface area contributed by atoms with Crippen molar-refractivity contribution in [1.29, 1.82) is 0 Å². The van der Waals surface area contributed by atoms with Gasteiger partial charge in [-0.15, -0.1) is 0 Å². The van der Waals surface area contributed by atoms with Crippen molar-refractivity contribution in [2.24, 2.45) is 5.92 Å². The van der Waals surface area contributed by atoms with Crippen LogP contribution in [0, 0.1) is 5.92 Å². The van der Waals surface area contributed by atoms with E-state index in [2.05, 4.69) is 23.1 Å². The highest BCUT2D eigenvalue weighted by atomic mass is 16.9. The molecule has 5 atom stereocenters. The standard InChI is InChI=1S/C16H19NO4/c1-19-15-2-10-12-7-17(13(10)3-14(15)18)6-9-4-16(5-11(9)12)20-8-21-16/h2,4-5,12-15,18H,3,6-8H2,1H3. The minimum Gasteiger partial charge on any atom is -0.390 e. The number of aliphatic hydroxyl groups excluding tert-OH is 1. The molecule has 21 heavy (non-hydrogen) atoms. The molecule has 5 unspecified atom stereocenters. The van der Waals surface area contributed by atoms with Gasteiger partial charge in [-0.05, 0) is 35.3 Å². The Morgan fingerprint density at radius 3 is 2.95 bits per heavy atom. The summed E-state index contributed by atoms with van der Waals surface area (Å²) < 4.78 is 16.6. The first-order valence-electron chi connectivity index (χ1n) is 7.58. The zero-order chi connectivity index (χ0) is 14.2. The zero-order valence-corrected chi connectivity index (χ0v) is 12.0. The van der Waals surface area contributed by atoms with Crippen molar-refractivity contribution in [2.75, 3.05) is 27.0 Å². The van der Waals surface area contributed by atoms with Crippen molar-refractivity contribution in [3.8, 4) is 0 Å². The lowest BCUT2D eigenvalue weighted by atomic mass is 9.82. The van der Waals surface area contributed by atoms with Crippen LogP contribution >= 0.6 is 0 Å². The van der Waals surface area contributed by atoms with Crippen molar-refractivity contribution in [1.82, 2.24) is 4.90 Å². The smallest absolute Gasteiger partial charge is 0.213 e. The molecule has 3 heterocycles. The van der Waals surface area contributed by atoms with Gasteiger partial charge in [0.2, 0.25) is 5.79 Å². The van der Waals surface area contributed by atoms with E-state index >= 15 is 0 Å². The van der Waals surface area contributed by atoms with Crippen LogP contribution < -0.4 is 0 Å². The molecule has 3 aliphatic heterocycles. The van der Waals surface area contributed by atoms with E-state index in [-0.39, 0.29) is 6.10 Å². The van der Waals surface area contributed by atoms with Crippen LogP contribution in [0.25, 0.3) is 0 Å². The van der Waals surface area contributed by atoms with Gasteiger partial charge >= 0.3 is 0 Å². The topological polar surface area (TPSA) is 51.2 Å². The molecule has 5 aliphatic rings. The van der Waals surface area contributed by atoms with Crippen LogP contribution in [0.3, 0.4) is 0 Å². The number of methoxy groups -OCH3 is 1. The molecular formula is C16H19NO4. The highest BCUT2D eigenvalue weighted by Crippen LogP contribution is 2.50. The molecule has 5 rings (SSSR count). The summed E-state index contributed by atoms with van der Waals surface area (Å²) >= 11 is 0. The van der Waals surface area contributed by atoms with Crippen LogP contribution in [0.4, 0.5) is 0 Å². The Labute approximate surface area is 123 Å². The van der Waals surface area contributed by atoms with E-state index < -0.39 is 11.9 Å². The highest BCUT2D eigenvalue weighted by Gasteiger charge is 2.51. The van der Waals surface area contributed by atoms with Gasteiger partial charge in [0.05, 0.1) is 6.10 Å². The third-order valence-corrected chi connectivity index (χ3v) is 5.54. The van der Waals surface area contributed by atoms with Crippen LogP contribution in [-0.2, 0) is 14.2 Å². The molecule has 3 saturated heterocycles. The molecule has 0 aromatic carbocycles. The van der Waals surface area contributed by atoms with Gasteiger partial charge in [0, 0.05) is 32.2 Å². The predicted octanol–water partition coefficient (Wildman–Crippen LogP) is 0.573. The van der Waals surface area contributed by atoms with E-state index in [1.54, 1.807) is 7.11 Å². The Bertz CT molecular complexity index is 589. The summed E-state index contributed by atoms with van der Waals surface area (Å²) in [5, 5.41) is 10.2. The second kappa shape index (κ2) is 4.06. The monoisotopic (exact) mass is 289 g/mol. The number of hydrogen-bond donors (Lipinski definition) is 1. The molecule has 0 radical (unpaired) electrons. The molecule has 2 aliphatic carbocycles. The van der Waals surface area contributed by atoms with Gasteiger partial charge in [-0.1, -0.05) is 6.08 Å². The average molecular weight is 289 g/mol. The quantitative estimate of drug-likeness (QED) is 0.715. The van der Waals surface area contributed by atoms with Crippen molar-refractivity contribution in [3.05, 3.63) is 34.9 Å². The molecule has 0 amide bonds. The van der Waals surface area contributed by atoms with Crippen molar-refractivity contribution in [2.45, 2.75) is 30.5 Å². The number of fused-ring (bicyclic) bond motifs is 7. The number of nitrogens with zero attached hydrogens (tertiary/aromatic N) is 1. The summed E-state index contributed by atoms with van der Waals surface area (Å²) in [6, 6.07) is 0.350. The van der Waals surface area contributed by atoms with Crippen molar-refractivity contribution < 1.29 is 19.3 Å². The Hall–Kier alpha value is -0.980. The Balaban J connectivity index is 1.56. The normalized spacial score (nSPS) is 45.4. The van der Waals surface area contributed by atoms with Gasteiger partial charge in [-0.3, -0.25) is 4.90 Å². The fourth-order valence-electron chi connectivity index (χ4n) is 4.48. The maximum atomic E-state index is 10.2. The first-order chi connectivity index (χ1) is 10.2. The molecule has 112 valence electrons. The van der Waals surface area contributed by atoms with Crippen molar-refractivity contribution in [3.63, 3.8) is 0 Å². The lowest BCUT2D eigenvalue weighted by molar-refractivity contribution is -0.345. The van der Waals surface area contributed by atoms with Crippen LogP contribution in [-0.4, -0.2) is 61.0 Å². The van der Waals surface area contributed by atoms with E-state index in [0.717, 1.165) is 19.5 Å². The van der Waals surface area contributed by atoms with Gasteiger partial charge in [-0.2, -0.15) is 0 Å². The predicted molar refractivity (Wildman–Crippen MR) is 74.3 cm³/mol. The maximum absolute atomic E-state index is 10.2. The van der Waals surface area contributed by atoms with Gasteiger partial charge in [0.1, 0.15) is 6.10 Å². The van der Waals surface area contributed by atoms with Crippen LogP contribution in [0.1, 0.15) is 6.42 Å². The van der Waals surface area contributed by atoms with Crippen LogP contribution in [0.15, 0.2) is 34.9 Å². The number of ether oxygens (including phenoxy) is 3. The molecule has 0 saturated carbocycles. The molecule has 1 N–H and O–H groups in total. The first kappa shape index (κ1) is 12.6. The fraction of sp³-hybridized carbons (Fsp3) is 0.625. The second-order valence-electron chi connectivity index (χ2n) is 6.57. The Kier molecular flexibility index (Phi) is 2.42. The van der Waals surface area contributed by atoms with Gasteiger partial charge in [0.15, 0.2) is 6.79 Å². The number of rotatable bonds is 1. The summed E-state index contributed by atoms with van der Waals surface area (Å²) in [7, 11) is 1.66. The SMILES string of the molecule is COC1C=C2C3CN(CC4=CC5(C=C43)OCO5)C2CC1O. The van der Waals surface area contributed by atoms with Crippen LogP contribution in [0.5, 0.6) is 0 Å². The van der Waals surface area contributed by atoms with E-state index in [1.807, 2.05) is 0 Å². The van der Waals surface area contributed by atoms with Gasteiger partial charge in [-0.25, -0.2) is 0 Å². The maximum Gasteiger partial charge on any atom is 0.213 e. The fourth-order valence-corrected chi connectivity index (χ4v) is 4.48. The summed E-state index contributed by atoms with van der Waals surface area (Å²) in [6.45, 7) is 2.33. The molecular weight excluding hydrogens is 270 g/mol. The number of aliphatic hydroxyl groups is 1. The lowest BCUT2D eigenvalue weighted by Gasteiger charge is -2.35. The molecule has 5 nitrogen and oxygen atoms in total. The molecule has 2 bridgehead atoms. The average Bonchev–Trinajstić information content (AvgIpc) is 2.97. The van der Waals surface area contributed by atoms with E-state index in [4.69, 9.17) is 14.2 Å². The number of hydrogen-bond acceptors (Lipinski definition) is 5. The van der Waals surface area contributed by atoms with E-state index in [9.17, 15) is 5.11 Å². The Morgan fingerprint density at radius 2 is 2.24 bits per heavy atom. The molecule has 0 aromatic rings. The molecule has 1 spiro atoms. The molecule has 0 aromatic heterocycles. The second-order valence-corrected chi connectivity index (χ2v) is 6.57. The van der Waals surface area contributed by atoms with Gasteiger partial charge < -0.3 is 19.3 Å². The minimum atomic E-state index is -0.582. The van der Waals surface area contributed by atoms with E-state index in [1.165, 1.54) is 16.7 Å².